The lowest BCUT2D eigenvalue weighted by Crippen LogP contribution is -2.33. The summed E-state index contributed by atoms with van der Waals surface area (Å²) in [4.78, 5) is 13.1. The van der Waals surface area contributed by atoms with Crippen molar-refractivity contribution in [3.05, 3.63) is 126 Å². The summed E-state index contributed by atoms with van der Waals surface area (Å²) in [5, 5.41) is 0. The van der Waals surface area contributed by atoms with Gasteiger partial charge in [0, 0.05) is 0 Å². The molecule has 3 aromatic carbocycles. The van der Waals surface area contributed by atoms with Gasteiger partial charge >= 0.3 is 0 Å². The molecular formula is C22H17N3. The molecule has 0 aliphatic rings. The molecule has 25 heavy (non-hydrogen) atoms. The van der Waals surface area contributed by atoms with Gasteiger partial charge in [-0.25, -0.2) is 15.0 Å². The Kier molecular flexibility index (Phi) is 4.05. The van der Waals surface area contributed by atoms with E-state index >= 15 is 0 Å². The van der Waals surface area contributed by atoms with Gasteiger partial charge in [0.05, 0.1) is 0 Å². The first-order valence-electron chi connectivity index (χ1n) is 8.21. The van der Waals surface area contributed by atoms with E-state index in [9.17, 15) is 0 Å². The van der Waals surface area contributed by atoms with Crippen LogP contribution >= 0.6 is 0 Å². The van der Waals surface area contributed by atoms with Crippen LogP contribution in [0.25, 0.3) is 0 Å². The SMILES string of the molecule is c1ccc(C(c2ccccc2)(c2ccccc2)c2ncncn2)cc1. The highest BCUT2D eigenvalue weighted by molar-refractivity contribution is 5.56. The number of rotatable bonds is 4. The van der Waals surface area contributed by atoms with Crippen LogP contribution in [0.2, 0.25) is 0 Å². The Labute approximate surface area is 147 Å². The van der Waals surface area contributed by atoms with Gasteiger partial charge in [-0.3, -0.25) is 0 Å². The minimum atomic E-state index is -0.591. The first-order valence-corrected chi connectivity index (χ1v) is 8.21. The van der Waals surface area contributed by atoms with Crippen LogP contribution in [-0.2, 0) is 5.41 Å². The Morgan fingerprint density at radius 2 is 0.840 bits per heavy atom. The van der Waals surface area contributed by atoms with Crippen LogP contribution < -0.4 is 0 Å². The van der Waals surface area contributed by atoms with Crippen molar-refractivity contribution in [3.63, 3.8) is 0 Å². The van der Waals surface area contributed by atoms with Gasteiger partial charge in [-0.05, 0) is 16.7 Å². The Morgan fingerprint density at radius 3 is 1.20 bits per heavy atom. The van der Waals surface area contributed by atoms with Gasteiger partial charge in [0.25, 0.3) is 0 Å². The van der Waals surface area contributed by atoms with Crippen molar-refractivity contribution in [1.29, 1.82) is 0 Å². The molecule has 0 radical (unpaired) electrons. The molecule has 3 heteroatoms. The Balaban J connectivity index is 2.13. The standard InChI is InChI=1S/C22H17N3/c1-4-10-18(11-5-1)22(19-12-6-2-7-13-19,20-14-8-3-9-15-20)21-24-16-23-17-25-21/h1-17H. The van der Waals surface area contributed by atoms with Crippen molar-refractivity contribution in [2.75, 3.05) is 0 Å². The fourth-order valence-corrected chi connectivity index (χ4v) is 3.38. The van der Waals surface area contributed by atoms with Gasteiger partial charge in [-0.2, -0.15) is 0 Å². The molecular weight excluding hydrogens is 306 g/mol. The second kappa shape index (κ2) is 6.65. The third-order valence-corrected chi connectivity index (χ3v) is 4.45. The van der Waals surface area contributed by atoms with E-state index in [0.29, 0.717) is 5.82 Å². The van der Waals surface area contributed by atoms with Crippen LogP contribution in [0.1, 0.15) is 22.5 Å². The molecule has 0 spiro atoms. The fourth-order valence-electron chi connectivity index (χ4n) is 3.38. The zero-order valence-electron chi connectivity index (χ0n) is 13.7. The number of nitrogens with zero attached hydrogens (tertiary/aromatic N) is 3. The summed E-state index contributed by atoms with van der Waals surface area (Å²) in [7, 11) is 0. The van der Waals surface area contributed by atoms with Crippen LogP contribution in [0.15, 0.2) is 104 Å². The average molecular weight is 323 g/mol. The summed E-state index contributed by atoms with van der Waals surface area (Å²) in [5.74, 6) is 0.714. The van der Waals surface area contributed by atoms with E-state index in [1.54, 1.807) is 12.7 Å². The van der Waals surface area contributed by atoms with Crippen molar-refractivity contribution in [2.45, 2.75) is 5.41 Å². The Hall–Kier alpha value is -3.33. The van der Waals surface area contributed by atoms with E-state index in [-0.39, 0.29) is 0 Å². The van der Waals surface area contributed by atoms with Crippen molar-refractivity contribution < 1.29 is 0 Å². The van der Waals surface area contributed by atoms with Crippen molar-refractivity contribution in [1.82, 2.24) is 15.0 Å². The summed E-state index contributed by atoms with van der Waals surface area (Å²) >= 11 is 0. The van der Waals surface area contributed by atoms with E-state index in [1.165, 1.54) is 0 Å². The zero-order valence-corrected chi connectivity index (χ0v) is 13.7. The van der Waals surface area contributed by atoms with Gasteiger partial charge < -0.3 is 0 Å². The molecule has 0 saturated carbocycles. The van der Waals surface area contributed by atoms with Gasteiger partial charge in [0.1, 0.15) is 18.1 Å². The van der Waals surface area contributed by atoms with Gasteiger partial charge in [0.2, 0.25) is 0 Å². The van der Waals surface area contributed by atoms with Crippen LogP contribution in [0, 0.1) is 0 Å². The molecule has 0 bridgehead atoms. The number of aromatic nitrogens is 3. The minimum absolute atomic E-state index is 0.591. The normalized spacial score (nSPS) is 11.2. The third-order valence-electron chi connectivity index (χ3n) is 4.45. The lowest BCUT2D eigenvalue weighted by molar-refractivity contribution is 0.671. The lowest BCUT2D eigenvalue weighted by atomic mass is 9.68. The predicted octanol–water partition coefficient (Wildman–Crippen LogP) is 4.25. The minimum Gasteiger partial charge on any atom is -0.225 e. The molecule has 0 atom stereocenters. The highest BCUT2D eigenvalue weighted by Crippen LogP contribution is 2.42. The Bertz CT molecular complexity index is 760. The number of hydrogen-bond acceptors (Lipinski definition) is 3. The Morgan fingerprint density at radius 1 is 0.480 bits per heavy atom. The monoisotopic (exact) mass is 323 g/mol. The van der Waals surface area contributed by atoms with E-state index in [4.69, 9.17) is 0 Å². The smallest absolute Gasteiger partial charge is 0.151 e. The molecule has 0 amide bonds. The fraction of sp³-hybridized carbons (Fsp3) is 0.0455. The summed E-state index contributed by atoms with van der Waals surface area (Å²) in [6.07, 6.45) is 3.12. The van der Waals surface area contributed by atoms with Gasteiger partial charge in [0.15, 0.2) is 5.82 Å². The maximum absolute atomic E-state index is 4.56. The van der Waals surface area contributed by atoms with Crippen LogP contribution in [0.4, 0.5) is 0 Å². The van der Waals surface area contributed by atoms with E-state index in [1.807, 2.05) is 18.2 Å². The summed E-state index contributed by atoms with van der Waals surface area (Å²) in [5.41, 5.74) is 2.78. The molecule has 0 unspecified atom stereocenters. The molecule has 3 nitrogen and oxygen atoms in total. The van der Waals surface area contributed by atoms with Crippen molar-refractivity contribution in [3.8, 4) is 0 Å². The first-order chi connectivity index (χ1) is 12.4. The van der Waals surface area contributed by atoms with Crippen LogP contribution in [0.5, 0.6) is 0 Å². The quantitative estimate of drug-likeness (QED) is 0.527. The topological polar surface area (TPSA) is 38.7 Å². The third kappa shape index (κ3) is 2.60. The predicted molar refractivity (Wildman–Crippen MR) is 98.1 cm³/mol. The molecule has 0 fully saturated rings. The van der Waals surface area contributed by atoms with Crippen LogP contribution in [0.3, 0.4) is 0 Å². The summed E-state index contributed by atoms with van der Waals surface area (Å²) < 4.78 is 0. The summed E-state index contributed by atoms with van der Waals surface area (Å²) in [6, 6.07) is 31.2. The molecule has 0 saturated heterocycles. The van der Waals surface area contributed by atoms with Crippen LogP contribution in [-0.4, -0.2) is 15.0 Å². The second-order valence-corrected chi connectivity index (χ2v) is 5.81. The highest BCUT2D eigenvalue weighted by atomic mass is 15.0. The van der Waals surface area contributed by atoms with Crippen molar-refractivity contribution >= 4 is 0 Å². The zero-order chi connectivity index (χ0) is 17.0. The molecule has 1 aromatic heterocycles. The summed E-state index contributed by atoms with van der Waals surface area (Å²) in [6.45, 7) is 0. The lowest BCUT2D eigenvalue weighted by Gasteiger charge is -2.34. The molecule has 120 valence electrons. The molecule has 0 aliphatic heterocycles. The molecule has 1 heterocycles. The molecule has 0 aliphatic carbocycles. The van der Waals surface area contributed by atoms with E-state index < -0.39 is 5.41 Å². The maximum Gasteiger partial charge on any atom is 0.151 e. The highest BCUT2D eigenvalue weighted by Gasteiger charge is 2.40. The molecule has 4 rings (SSSR count). The average Bonchev–Trinajstić information content (AvgIpc) is 2.72. The van der Waals surface area contributed by atoms with Crippen molar-refractivity contribution in [2.24, 2.45) is 0 Å². The van der Waals surface area contributed by atoms with E-state index in [0.717, 1.165) is 16.7 Å². The largest absolute Gasteiger partial charge is 0.225 e. The molecule has 0 N–H and O–H groups in total. The van der Waals surface area contributed by atoms with Gasteiger partial charge in [-0.1, -0.05) is 91.0 Å². The maximum atomic E-state index is 4.56. The molecule has 4 aromatic rings. The second-order valence-electron chi connectivity index (χ2n) is 5.81. The number of hydrogen-bond donors (Lipinski definition) is 0. The van der Waals surface area contributed by atoms with Gasteiger partial charge in [-0.15, -0.1) is 0 Å². The van der Waals surface area contributed by atoms with E-state index in [2.05, 4.69) is 87.7 Å². The number of benzene rings is 3. The first kappa shape index (κ1) is 15.2.